The Morgan fingerprint density at radius 3 is 2.58 bits per heavy atom. The first-order valence-corrected chi connectivity index (χ1v) is 9.99. The second-order valence-electron chi connectivity index (χ2n) is 7.76. The molecule has 144 valence electrons. The fraction of sp³-hybridized carbons (Fsp3) is 0.667. The van der Waals surface area contributed by atoms with Crippen molar-refractivity contribution >= 4 is 5.91 Å². The van der Waals surface area contributed by atoms with Gasteiger partial charge >= 0.3 is 0 Å². The van der Waals surface area contributed by atoms with Crippen molar-refractivity contribution in [3.8, 4) is 0 Å². The van der Waals surface area contributed by atoms with Gasteiger partial charge in [0, 0.05) is 26.2 Å². The highest BCUT2D eigenvalue weighted by molar-refractivity contribution is 5.85. The summed E-state index contributed by atoms with van der Waals surface area (Å²) < 4.78 is 5.59. The summed E-state index contributed by atoms with van der Waals surface area (Å²) in [6.45, 7) is 6.75. The Labute approximate surface area is 157 Å². The van der Waals surface area contributed by atoms with Crippen LogP contribution in [0.5, 0.6) is 0 Å². The van der Waals surface area contributed by atoms with Crippen molar-refractivity contribution in [3.05, 3.63) is 35.4 Å². The van der Waals surface area contributed by atoms with E-state index in [9.17, 15) is 4.79 Å². The molecule has 5 heteroatoms. The zero-order chi connectivity index (χ0) is 18.4. The molecule has 2 saturated heterocycles. The van der Waals surface area contributed by atoms with Gasteiger partial charge in [0.2, 0.25) is 0 Å². The number of rotatable bonds is 6. The molecule has 0 saturated carbocycles. The van der Waals surface area contributed by atoms with Gasteiger partial charge in [0.05, 0.1) is 0 Å². The Morgan fingerprint density at radius 2 is 1.92 bits per heavy atom. The number of piperidine rings is 2. The van der Waals surface area contributed by atoms with Crippen LogP contribution < -0.4 is 10.6 Å². The third-order valence-electron chi connectivity index (χ3n) is 6.02. The highest BCUT2D eigenvalue weighted by Crippen LogP contribution is 2.23. The standard InChI is InChI=1S/C21H33N3O2/c1-17-5-3-4-14-24(17)16-19-8-6-18(7-9-19)15-23-20(25)21(26-2)10-12-22-13-11-21/h6-9,17,22H,3-5,10-16H2,1-2H3,(H,23,25). The predicted molar refractivity (Wildman–Crippen MR) is 104 cm³/mol. The van der Waals surface area contributed by atoms with Crippen molar-refractivity contribution < 1.29 is 9.53 Å². The first-order chi connectivity index (χ1) is 12.6. The number of likely N-dealkylation sites (tertiary alicyclic amines) is 1. The number of benzene rings is 1. The lowest BCUT2D eigenvalue weighted by Crippen LogP contribution is -2.53. The van der Waals surface area contributed by atoms with Gasteiger partial charge in [-0.3, -0.25) is 9.69 Å². The molecule has 2 aliphatic heterocycles. The third-order valence-corrected chi connectivity index (χ3v) is 6.02. The van der Waals surface area contributed by atoms with E-state index in [1.165, 1.54) is 31.4 Å². The van der Waals surface area contributed by atoms with Crippen LogP contribution in [0.3, 0.4) is 0 Å². The van der Waals surface area contributed by atoms with E-state index in [2.05, 4.69) is 46.7 Å². The van der Waals surface area contributed by atoms with Gasteiger partial charge in [-0.1, -0.05) is 30.7 Å². The number of ether oxygens (including phenoxy) is 1. The van der Waals surface area contributed by atoms with Gasteiger partial charge in [-0.05, 0) is 63.4 Å². The lowest BCUT2D eigenvalue weighted by Gasteiger charge is -2.34. The summed E-state index contributed by atoms with van der Waals surface area (Å²) in [6, 6.07) is 9.33. The number of carbonyl (C=O) groups excluding carboxylic acids is 1. The summed E-state index contributed by atoms with van der Waals surface area (Å²) in [6.07, 6.45) is 5.42. The summed E-state index contributed by atoms with van der Waals surface area (Å²) >= 11 is 0. The second kappa shape index (κ2) is 8.98. The first kappa shape index (κ1) is 19.3. The van der Waals surface area contributed by atoms with E-state index >= 15 is 0 Å². The molecule has 0 spiro atoms. The van der Waals surface area contributed by atoms with E-state index in [-0.39, 0.29) is 5.91 Å². The topological polar surface area (TPSA) is 53.6 Å². The molecular formula is C21H33N3O2. The summed E-state index contributed by atoms with van der Waals surface area (Å²) in [5.41, 5.74) is 1.81. The third kappa shape index (κ3) is 4.64. The molecule has 1 amide bonds. The Kier molecular flexibility index (Phi) is 6.68. The molecular weight excluding hydrogens is 326 g/mol. The zero-order valence-electron chi connectivity index (χ0n) is 16.2. The van der Waals surface area contributed by atoms with Gasteiger partial charge in [-0.2, -0.15) is 0 Å². The molecule has 0 radical (unpaired) electrons. The first-order valence-electron chi connectivity index (χ1n) is 9.99. The molecule has 0 aliphatic carbocycles. The average Bonchev–Trinajstić information content (AvgIpc) is 2.69. The highest BCUT2D eigenvalue weighted by Gasteiger charge is 2.39. The Hall–Kier alpha value is -1.43. The quantitative estimate of drug-likeness (QED) is 0.819. The van der Waals surface area contributed by atoms with Gasteiger partial charge in [-0.25, -0.2) is 0 Å². The average molecular weight is 360 g/mol. The summed E-state index contributed by atoms with van der Waals surface area (Å²) in [5, 5.41) is 6.35. The summed E-state index contributed by atoms with van der Waals surface area (Å²) in [4.78, 5) is 15.2. The van der Waals surface area contributed by atoms with Gasteiger partial charge in [0.25, 0.3) is 5.91 Å². The maximum atomic E-state index is 12.6. The van der Waals surface area contributed by atoms with Crippen LogP contribution >= 0.6 is 0 Å². The number of nitrogens with zero attached hydrogens (tertiary/aromatic N) is 1. The molecule has 1 atom stereocenters. The highest BCUT2D eigenvalue weighted by atomic mass is 16.5. The van der Waals surface area contributed by atoms with Crippen molar-refractivity contribution in [1.82, 2.24) is 15.5 Å². The van der Waals surface area contributed by atoms with Crippen LogP contribution in [0.15, 0.2) is 24.3 Å². The van der Waals surface area contributed by atoms with Crippen LogP contribution in [0.1, 0.15) is 50.2 Å². The fourth-order valence-corrected chi connectivity index (χ4v) is 4.09. The minimum Gasteiger partial charge on any atom is -0.368 e. The SMILES string of the molecule is COC1(C(=O)NCc2ccc(CN3CCCCC3C)cc2)CCNCC1. The molecule has 1 aromatic carbocycles. The lowest BCUT2D eigenvalue weighted by molar-refractivity contribution is -0.146. The Morgan fingerprint density at radius 1 is 1.23 bits per heavy atom. The van der Waals surface area contributed by atoms with Gasteiger partial charge in [-0.15, -0.1) is 0 Å². The van der Waals surface area contributed by atoms with Gasteiger partial charge in [0.15, 0.2) is 0 Å². The Balaban J connectivity index is 1.51. The van der Waals surface area contributed by atoms with Crippen molar-refractivity contribution in [2.45, 2.75) is 63.8 Å². The van der Waals surface area contributed by atoms with Crippen LogP contribution in [0, 0.1) is 0 Å². The molecule has 1 unspecified atom stereocenters. The van der Waals surface area contributed by atoms with Crippen LogP contribution in [-0.2, 0) is 22.6 Å². The number of nitrogens with one attached hydrogen (secondary N) is 2. The predicted octanol–water partition coefficient (Wildman–Crippen LogP) is 2.45. The molecule has 0 bridgehead atoms. The van der Waals surface area contributed by atoms with Crippen molar-refractivity contribution in [2.24, 2.45) is 0 Å². The smallest absolute Gasteiger partial charge is 0.252 e. The van der Waals surface area contributed by atoms with Crippen LogP contribution in [0.4, 0.5) is 0 Å². The van der Waals surface area contributed by atoms with Crippen molar-refractivity contribution in [2.75, 3.05) is 26.7 Å². The molecule has 26 heavy (non-hydrogen) atoms. The monoisotopic (exact) mass is 359 g/mol. The maximum absolute atomic E-state index is 12.6. The minimum atomic E-state index is -0.671. The molecule has 0 aromatic heterocycles. The van der Waals surface area contributed by atoms with E-state index in [0.717, 1.165) is 38.0 Å². The number of hydrogen-bond acceptors (Lipinski definition) is 4. The zero-order valence-corrected chi connectivity index (χ0v) is 16.2. The molecule has 2 fully saturated rings. The maximum Gasteiger partial charge on any atom is 0.252 e. The molecule has 2 N–H and O–H groups in total. The minimum absolute atomic E-state index is 0.00715. The largest absolute Gasteiger partial charge is 0.368 e. The Bertz CT molecular complexity index is 581. The van der Waals surface area contributed by atoms with E-state index in [1.807, 2.05) is 0 Å². The van der Waals surface area contributed by atoms with E-state index < -0.39 is 5.60 Å². The number of amides is 1. The molecule has 5 nitrogen and oxygen atoms in total. The number of methoxy groups -OCH3 is 1. The second-order valence-corrected chi connectivity index (χ2v) is 7.76. The summed E-state index contributed by atoms with van der Waals surface area (Å²) in [7, 11) is 1.64. The van der Waals surface area contributed by atoms with Crippen LogP contribution in [-0.4, -0.2) is 49.2 Å². The van der Waals surface area contributed by atoms with Gasteiger partial charge < -0.3 is 15.4 Å². The fourth-order valence-electron chi connectivity index (χ4n) is 4.09. The van der Waals surface area contributed by atoms with E-state index in [1.54, 1.807) is 7.11 Å². The number of carbonyl (C=O) groups is 1. The molecule has 3 rings (SSSR count). The van der Waals surface area contributed by atoms with E-state index in [0.29, 0.717) is 12.6 Å². The molecule has 2 aliphatic rings. The van der Waals surface area contributed by atoms with Crippen molar-refractivity contribution in [1.29, 1.82) is 0 Å². The van der Waals surface area contributed by atoms with E-state index in [4.69, 9.17) is 4.74 Å². The van der Waals surface area contributed by atoms with Crippen LogP contribution in [0.2, 0.25) is 0 Å². The molecule has 2 heterocycles. The summed E-state index contributed by atoms with van der Waals surface area (Å²) in [5.74, 6) is 0.00715. The van der Waals surface area contributed by atoms with Crippen LogP contribution in [0.25, 0.3) is 0 Å². The lowest BCUT2D eigenvalue weighted by atomic mass is 9.91. The van der Waals surface area contributed by atoms with Crippen molar-refractivity contribution in [3.63, 3.8) is 0 Å². The van der Waals surface area contributed by atoms with Gasteiger partial charge in [0.1, 0.15) is 5.60 Å². The molecule has 1 aromatic rings. The normalized spacial score (nSPS) is 23.5. The number of hydrogen-bond donors (Lipinski definition) is 2.